The van der Waals surface area contributed by atoms with Crippen molar-refractivity contribution >= 4 is 30.7 Å². The topological polar surface area (TPSA) is 67.6 Å². The Hall–Kier alpha value is -0.850. The maximum Gasteiger partial charge on any atom is 0.237 e. The van der Waals surface area contributed by atoms with Crippen molar-refractivity contribution in [2.45, 2.75) is 24.9 Å². The summed E-state index contributed by atoms with van der Waals surface area (Å²) >= 11 is 0. The highest BCUT2D eigenvalue weighted by Gasteiger charge is 2.27. The molecule has 1 amide bonds. The standard InChI is InChI=1S/C17H27N3O2.2ClH/c1-20(2)15(13-6-4-3-5-7-13)12-19-17(21)16(18)14-8-10-22-11-9-14;;/h3-7,14-16H,8-12,18H2,1-2H3,(H,19,21);2*1H. The molecule has 2 unspecified atom stereocenters. The fraction of sp³-hybridized carbons (Fsp3) is 0.588. The zero-order valence-corrected chi connectivity index (χ0v) is 15.9. The van der Waals surface area contributed by atoms with E-state index in [4.69, 9.17) is 10.5 Å². The van der Waals surface area contributed by atoms with E-state index in [1.54, 1.807) is 0 Å². The molecule has 7 heteroatoms. The quantitative estimate of drug-likeness (QED) is 0.795. The minimum absolute atomic E-state index is 0. The summed E-state index contributed by atoms with van der Waals surface area (Å²) in [5.41, 5.74) is 7.30. The Morgan fingerprint density at radius 3 is 2.38 bits per heavy atom. The van der Waals surface area contributed by atoms with Crippen LogP contribution in [0.15, 0.2) is 30.3 Å². The summed E-state index contributed by atoms with van der Waals surface area (Å²) in [5, 5.41) is 3.01. The van der Waals surface area contributed by atoms with Crippen LogP contribution in [0.1, 0.15) is 24.4 Å². The number of nitrogens with zero attached hydrogens (tertiary/aromatic N) is 1. The number of hydrogen-bond donors (Lipinski definition) is 2. The molecule has 0 saturated carbocycles. The molecule has 24 heavy (non-hydrogen) atoms. The Morgan fingerprint density at radius 1 is 1.25 bits per heavy atom. The summed E-state index contributed by atoms with van der Waals surface area (Å²) in [6, 6.07) is 9.89. The number of benzene rings is 1. The lowest BCUT2D eigenvalue weighted by molar-refractivity contribution is -0.124. The molecular formula is C17H29Cl2N3O2. The lowest BCUT2D eigenvalue weighted by atomic mass is 9.92. The molecule has 1 fully saturated rings. The molecule has 2 atom stereocenters. The van der Waals surface area contributed by atoms with Gasteiger partial charge in [-0.15, -0.1) is 24.8 Å². The Morgan fingerprint density at radius 2 is 1.83 bits per heavy atom. The zero-order chi connectivity index (χ0) is 15.9. The van der Waals surface area contributed by atoms with Crippen LogP contribution in [0, 0.1) is 5.92 Å². The largest absolute Gasteiger partial charge is 0.381 e. The van der Waals surface area contributed by atoms with Gasteiger partial charge in [-0.05, 0) is 38.4 Å². The molecule has 0 radical (unpaired) electrons. The fourth-order valence-corrected chi connectivity index (χ4v) is 2.88. The molecule has 0 bridgehead atoms. The number of hydrogen-bond acceptors (Lipinski definition) is 4. The summed E-state index contributed by atoms with van der Waals surface area (Å²) < 4.78 is 5.32. The van der Waals surface area contributed by atoms with Gasteiger partial charge >= 0.3 is 0 Å². The first-order valence-corrected chi connectivity index (χ1v) is 7.92. The second kappa shape index (κ2) is 11.7. The average Bonchev–Trinajstić information content (AvgIpc) is 2.55. The van der Waals surface area contributed by atoms with Crippen molar-refractivity contribution < 1.29 is 9.53 Å². The lowest BCUT2D eigenvalue weighted by Gasteiger charge is -2.29. The average molecular weight is 378 g/mol. The molecule has 0 aromatic heterocycles. The number of likely N-dealkylation sites (N-methyl/N-ethyl adjacent to an activating group) is 1. The van der Waals surface area contributed by atoms with Crippen LogP contribution in [-0.2, 0) is 9.53 Å². The first kappa shape index (κ1) is 23.1. The van der Waals surface area contributed by atoms with Gasteiger partial charge in [0.05, 0.1) is 12.1 Å². The molecule has 1 heterocycles. The van der Waals surface area contributed by atoms with Crippen molar-refractivity contribution in [3.63, 3.8) is 0 Å². The maximum absolute atomic E-state index is 12.3. The van der Waals surface area contributed by atoms with E-state index >= 15 is 0 Å². The number of nitrogens with two attached hydrogens (primary N) is 1. The second-order valence-corrected chi connectivity index (χ2v) is 6.11. The Kier molecular flexibility index (Phi) is 11.2. The normalized spacial score (nSPS) is 17.3. The summed E-state index contributed by atoms with van der Waals surface area (Å²) in [5.74, 6) is 0.165. The molecule has 0 spiro atoms. The number of amides is 1. The lowest BCUT2D eigenvalue weighted by Crippen LogP contribution is -2.48. The monoisotopic (exact) mass is 377 g/mol. The van der Waals surface area contributed by atoms with Crippen LogP contribution in [0.4, 0.5) is 0 Å². The van der Waals surface area contributed by atoms with Crippen molar-refractivity contribution in [3.8, 4) is 0 Å². The third-order valence-electron chi connectivity index (χ3n) is 4.35. The summed E-state index contributed by atoms with van der Waals surface area (Å²) in [6.45, 7) is 1.97. The smallest absolute Gasteiger partial charge is 0.237 e. The summed E-state index contributed by atoms with van der Waals surface area (Å²) in [4.78, 5) is 14.4. The Bertz CT molecular complexity index is 468. The van der Waals surface area contributed by atoms with Crippen molar-refractivity contribution in [1.82, 2.24) is 10.2 Å². The van der Waals surface area contributed by atoms with E-state index in [1.807, 2.05) is 32.3 Å². The van der Waals surface area contributed by atoms with Gasteiger partial charge in [0.2, 0.25) is 5.91 Å². The predicted octanol–water partition coefficient (Wildman–Crippen LogP) is 2.00. The molecule has 3 N–H and O–H groups in total. The fourth-order valence-electron chi connectivity index (χ4n) is 2.88. The molecule has 1 saturated heterocycles. The third kappa shape index (κ3) is 6.57. The van der Waals surface area contributed by atoms with E-state index in [9.17, 15) is 4.79 Å². The van der Waals surface area contributed by atoms with Crippen molar-refractivity contribution in [2.24, 2.45) is 11.7 Å². The highest BCUT2D eigenvalue weighted by Crippen LogP contribution is 2.19. The first-order valence-electron chi connectivity index (χ1n) is 7.92. The van der Waals surface area contributed by atoms with Gasteiger partial charge in [-0.1, -0.05) is 30.3 Å². The second-order valence-electron chi connectivity index (χ2n) is 6.11. The molecule has 1 aliphatic heterocycles. The van der Waals surface area contributed by atoms with Crippen molar-refractivity contribution in [2.75, 3.05) is 33.9 Å². The van der Waals surface area contributed by atoms with E-state index in [0.717, 1.165) is 12.8 Å². The third-order valence-corrected chi connectivity index (χ3v) is 4.35. The van der Waals surface area contributed by atoms with Crippen molar-refractivity contribution in [1.29, 1.82) is 0 Å². The number of carbonyl (C=O) groups excluding carboxylic acids is 1. The van der Waals surface area contributed by atoms with E-state index in [0.29, 0.717) is 19.8 Å². The summed E-state index contributed by atoms with van der Waals surface area (Å²) in [6.07, 6.45) is 1.73. The predicted molar refractivity (Wildman–Crippen MR) is 102 cm³/mol. The minimum Gasteiger partial charge on any atom is -0.381 e. The van der Waals surface area contributed by atoms with Crippen LogP contribution in [0.5, 0.6) is 0 Å². The van der Waals surface area contributed by atoms with Crippen LogP contribution >= 0.6 is 24.8 Å². The van der Waals surface area contributed by atoms with Crippen LogP contribution in [0.2, 0.25) is 0 Å². The van der Waals surface area contributed by atoms with E-state index in [1.165, 1.54) is 5.56 Å². The minimum atomic E-state index is -0.442. The van der Waals surface area contributed by atoms with Gasteiger partial charge in [-0.3, -0.25) is 4.79 Å². The van der Waals surface area contributed by atoms with Gasteiger partial charge in [-0.2, -0.15) is 0 Å². The van der Waals surface area contributed by atoms with Crippen LogP contribution in [-0.4, -0.2) is 50.7 Å². The number of halogens is 2. The van der Waals surface area contributed by atoms with Gasteiger partial charge in [0, 0.05) is 19.8 Å². The van der Waals surface area contributed by atoms with Crippen LogP contribution < -0.4 is 11.1 Å². The molecule has 1 aromatic rings. The SMILES string of the molecule is CN(C)C(CNC(=O)C(N)C1CCOCC1)c1ccccc1.Cl.Cl. The molecule has 0 aliphatic carbocycles. The van der Waals surface area contributed by atoms with Crippen LogP contribution in [0.25, 0.3) is 0 Å². The van der Waals surface area contributed by atoms with E-state index < -0.39 is 6.04 Å². The molecule has 138 valence electrons. The molecule has 2 rings (SSSR count). The molecule has 1 aromatic carbocycles. The van der Waals surface area contributed by atoms with Gasteiger partial charge in [-0.25, -0.2) is 0 Å². The Labute approximate surface area is 157 Å². The zero-order valence-electron chi connectivity index (χ0n) is 14.3. The molecule has 5 nitrogen and oxygen atoms in total. The van der Waals surface area contributed by atoms with Gasteiger partial charge in [0.15, 0.2) is 0 Å². The molecule has 1 aliphatic rings. The number of nitrogens with one attached hydrogen (secondary N) is 1. The Balaban J connectivity index is 0.00000264. The van der Waals surface area contributed by atoms with Gasteiger partial charge < -0.3 is 20.7 Å². The first-order chi connectivity index (χ1) is 10.6. The number of ether oxygens (including phenoxy) is 1. The van der Waals surface area contributed by atoms with Crippen LogP contribution in [0.3, 0.4) is 0 Å². The highest BCUT2D eigenvalue weighted by molar-refractivity contribution is 5.85. The molecular weight excluding hydrogens is 349 g/mol. The number of rotatable bonds is 6. The highest BCUT2D eigenvalue weighted by atomic mass is 35.5. The van der Waals surface area contributed by atoms with Crippen molar-refractivity contribution in [3.05, 3.63) is 35.9 Å². The van der Waals surface area contributed by atoms with E-state index in [-0.39, 0.29) is 42.7 Å². The van der Waals surface area contributed by atoms with Gasteiger partial charge in [0.1, 0.15) is 0 Å². The number of carbonyl (C=O) groups is 1. The van der Waals surface area contributed by atoms with E-state index in [2.05, 4.69) is 22.3 Å². The summed E-state index contributed by atoms with van der Waals surface area (Å²) in [7, 11) is 4.03. The van der Waals surface area contributed by atoms with Gasteiger partial charge in [0.25, 0.3) is 0 Å². The maximum atomic E-state index is 12.3.